The van der Waals surface area contributed by atoms with Gasteiger partial charge in [-0.15, -0.1) is 11.3 Å². The number of fused-ring (bicyclic) bond motifs is 1. The number of carbonyl (C=O) groups excluding carboxylic acids is 2. The number of nitrogens with one attached hydrogen (secondary N) is 2. The number of amides is 3. The van der Waals surface area contributed by atoms with Crippen molar-refractivity contribution in [2.45, 2.75) is 6.92 Å². The first-order valence-corrected chi connectivity index (χ1v) is 7.66. The molecular weight excluding hydrogens is 314 g/mol. The topological polar surface area (TPSA) is 102 Å². The number of anilines is 2. The minimum absolute atomic E-state index is 0.207. The highest BCUT2D eigenvalue weighted by Crippen LogP contribution is 2.28. The Kier molecular flexibility index (Phi) is 3.75. The molecule has 8 heteroatoms. The number of hydrogen-bond acceptors (Lipinski definition) is 4. The number of primary amides is 1. The third-order valence-electron chi connectivity index (χ3n) is 3.31. The molecule has 4 N–H and O–H groups in total. The van der Waals surface area contributed by atoms with Crippen LogP contribution in [0.4, 0.5) is 16.2 Å². The third-order valence-corrected chi connectivity index (χ3v) is 4.51. The van der Waals surface area contributed by atoms with Gasteiger partial charge in [0.05, 0.1) is 10.6 Å². The molecule has 0 aliphatic heterocycles. The van der Waals surface area contributed by atoms with E-state index in [1.807, 2.05) is 20.0 Å². The van der Waals surface area contributed by atoms with E-state index in [4.69, 9.17) is 5.73 Å². The van der Waals surface area contributed by atoms with Crippen molar-refractivity contribution in [1.29, 1.82) is 0 Å². The molecule has 3 rings (SSSR count). The van der Waals surface area contributed by atoms with E-state index in [1.165, 1.54) is 11.3 Å². The van der Waals surface area contributed by atoms with Crippen molar-refractivity contribution in [2.75, 3.05) is 10.6 Å². The Morgan fingerprint density at radius 1 is 1.22 bits per heavy atom. The standard InChI is InChI=1S/C15H15N5O2S/c1-8-11-7-12(23-14(11)20(2)19-8)13(21)17-9-4-3-5-10(6-9)18-15(16)22/h3-7H,1-2H3,(H,17,21)(H3,16,18,22). The van der Waals surface area contributed by atoms with Crippen LogP contribution in [0.25, 0.3) is 10.2 Å². The maximum absolute atomic E-state index is 12.4. The predicted octanol–water partition coefficient (Wildman–Crippen LogP) is 2.69. The summed E-state index contributed by atoms with van der Waals surface area (Å²) in [6, 6.07) is 7.98. The molecule has 0 saturated carbocycles. The van der Waals surface area contributed by atoms with E-state index in [1.54, 1.807) is 28.9 Å². The Morgan fingerprint density at radius 2 is 1.91 bits per heavy atom. The maximum Gasteiger partial charge on any atom is 0.316 e. The zero-order valence-electron chi connectivity index (χ0n) is 12.6. The number of nitrogens with two attached hydrogens (primary N) is 1. The van der Waals surface area contributed by atoms with Gasteiger partial charge in [-0.3, -0.25) is 9.48 Å². The average molecular weight is 329 g/mol. The normalized spacial score (nSPS) is 10.7. The van der Waals surface area contributed by atoms with Crippen molar-refractivity contribution in [3.8, 4) is 0 Å². The Morgan fingerprint density at radius 3 is 2.57 bits per heavy atom. The largest absolute Gasteiger partial charge is 0.351 e. The van der Waals surface area contributed by atoms with Crippen molar-refractivity contribution in [2.24, 2.45) is 12.8 Å². The predicted molar refractivity (Wildman–Crippen MR) is 90.9 cm³/mol. The summed E-state index contributed by atoms with van der Waals surface area (Å²) < 4.78 is 1.77. The van der Waals surface area contributed by atoms with Gasteiger partial charge in [-0.2, -0.15) is 5.10 Å². The van der Waals surface area contributed by atoms with E-state index in [2.05, 4.69) is 15.7 Å². The summed E-state index contributed by atoms with van der Waals surface area (Å²) >= 11 is 1.39. The van der Waals surface area contributed by atoms with Gasteiger partial charge in [0.2, 0.25) is 0 Å². The molecule has 23 heavy (non-hydrogen) atoms. The molecule has 0 radical (unpaired) electrons. The van der Waals surface area contributed by atoms with Gasteiger partial charge in [-0.05, 0) is 31.2 Å². The van der Waals surface area contributed by atoms with E-state index in [9.17, 15) is 9.59 Å². The number of carbonyl (C=O) groups is 2. The molecule has 118 valence electrons. The summed E-state index contributed by atoms with van der Waals surface area (Å²) in [5.41, 5.74) is 7.07. The van der Waals surface area contributed by atoms with Gasteiger partial charge in [-0.25, -0.2) is 4.79 Å². The van der Waals surface area contributed by atoms with E-state index >= 15 is 0 Å². The lowest BCUT2D eigenvalue weighted by atomic mass is 10.2. The molecule has 1 aromatic carbocycles. The third kappa shape index (κ3) is 3.02. The van der Waals surface area contributed by atoms with Gasteiger partial charge >= 0.3 is 6.03 Å². The summed E-state index contributed by atoms with van der Waals surface area (Å²) in [6.07, 6.45) is 0. The Labute approximate surface area is 136 Å². The first-order chi connectivity index (χ1) is 10.9. The fraction of sp³-hybridized carbons (Fsp3) is 0.133. The molecule has 3 amide bonds. The average Bonchev–Trinajstić information content (AvgIpc) is 3.01. The summed E-state index contributed by atoms with van der Waals surface area (Å²) in [4.78, 5) is 24.8. The quantitative estimate of drug-likeness (QED) is 0.688. The van der Waals surface area contributed by atoms with Crippen LogP contribution in [0.3, 0.4) is 0 Å². The van der Waals surface area contributed by atoms with Crippen molar-refractivity contribution in [3.05, 3.63) is 40.9 Å². The number of hydrogen-bond donors (Lipinski definition) is 3. The van der Waals surface area contributed by atoms with Crippen LogP contribution >= 0.6 is 11.3 Å². The highest BCUT2D eigenvalue weighted by Gasteiger charge is 2.15. The fourth-order valence-electron chi connectivity index (χ4n) is 2.33. The minimum atomic E-state index is -0.652. The van der Waals surface area contributed by atoms with Gasteiger partial charge < -0.3 is 16.4 Å². The molecule has 0 atom stereocenters. The first kappa shape index (κ1) is 15.0. The molecule has 0 bridgehead atoms. The molecular formula is C15H15N5O2S. The molecule has 2 heterocycles. The lowest BCUT2D eigenvalue weighted by Crippen LogP contribution is -2.19. The van der Waals surface area contributed by atoms with Crippen LogP contribution < -0.4 is 16.4 Å². The smallest absolute Gasteiger partial charge is 0.316 e. The van der Waals surface area contributed by atoms with Crippen LogP contribution in [0.5, 0.6) is 0 Å². The molecule has 0 unspecified atom stereocenters. The highest BCUT2D eigenvalue weighted by molar-refractivity contribution is 7.20. The van der Waals surface area contributed by atoms with Crippen molar-refractivity contribution in [3.63, 3.8) is 0 Å². The number of aromatic nitrogens is 2. The number of urea groups is 1. The summed E-state index contributed by atoms with van der Waals surface area (Å²) in [7, 11) is 1.85. The summed E-state index contributed by atoms with van der Waals surface area (Å²) in [5, 5.41) is 10.6. The fourth-order valence-corrected chi connectivity index (χ4v) is 3.35. The molecule has 0 saturated heterocycles. The molecule has 7 nitrogen and oxygen atoms in total. The van der Waals surface area contributed by atoms with Crippen molar-refractivity contribution in [1.82, 2.24) is 9.78 Å². The van der Waals surface area contributed by atoms with Gasteiger partial charge in [0, 0.05) is 23.8 Å². The Bertz CT molecular complexity index is 877. The SMILES string of the molecule is Cc1nn(C)c2sc(C(=O)Nc3cccc(NC(N)=O)c3)cc12. The van der Waals surface area contributed by atoms with Gasteiger partial charge in [0.25, 0.3) is 5.91 Å². The van der Waals surface area contributed by atoms with Gasteiger partial charge in [0.1, 0.15) is 4.83 Å². The maximum atomic E-state index is 12.4. The van der Waals surface area contributed by atoms with E-state index < -0.39 is 6.03 Å². The molecule has 0 fully saturated rings. The van der Waals surface area contributed by atoms with Crippen molar-refractivity contribution < 1.29 is 9.59 Å². The first-order valence-electron chi connectivity index (χ1n) is 6.85. The van der Waals surface area contributed by atoms with Crippen LogP contribution in [-0.4, -0.2) is 21.7 Å². The van der Waals surface area contributed by atoms with Crippen LogP contribution in [0.2, 0.25) is 0 Å². The second-order valence-corrected chi connectivity index (χ2v) is 6.09. The highest BCUT2D eigenvalue weighted by atomic mass is 32.1. The van der Waals surface area contributed by atoms with Crippen molar-refractivity contribution >= 4 is 44.9 Å². The number of aryl methyl sites for hydroxylation is 2. The summed E-state index contributed by atoms with van der Waals surface area (Å²) in [5.74, 6) is -0.207. The zero-order valence-corrected chi connectivity index (χ0v) is 13.4. The second-order valence-electron chi connectivity index (χ2n) is 5.06. The molecule has 0 aliphatic carbocycles. The van der Waals surface area contributed by atoms with Crippen LogP contribution in [0, 0.1) is 6.92 Å². The Balaban J connectivity index is 1.83. The van der Waals surface area contributed by atoms with Crippen LogP contribution in [0.15, 0.2) is 30.3 Å². The minimum Gasteiger partial charge on any atom is -0.351 e. The lowest BCUT2D eigenvalue weighted by molar-refractivity contribution is 0.103. The molecule has 0 aliphatic rings. The molecule has 3 aromatic rings. The zero-order chi connectivity index (χ0) is 16.6. The summed E-state index contributed by atoms with van der Waals surface area (Å²) in [6.45, 7) is 1.91. The lowest BCUT2D eigenvalue weighted by Gasteiger charge is -2.06. The molecule has 2 aromatic heterocycles. The Hall–Kier alpha value is -2.87. The van der Waals surface area contributed by atoms with Crippen LogP contribution in [0.1, 0.15) is 15.4 Å². The van der Waals surface area contributed by atoms with E-state index in [-0.39, 0.29) is 5.91 Å². The van der Waals surface area contributed by atoms with Gasteiger partial charge in [-0.1, -0.05) is 6.07 Å². The van der Waals surface area contributed by atoms with E-state index in [0.717, 1.165) is 15.9 Å². The molecule has 0 spiro atoms. The second kappa shape index (κ2) is 5.73. The number of rotatable bonds is 3. The number of benzene rings is 1. The van der Waals surface area contributed by atoms with Gasteiger partial charge in [0.15, 0.2) is 0 Å². The van der Waals surface area contributed by atoms with E-state index in [0.29, 0.717) is 16.3 Å². The number of thiophene rings is 1. The monoisotopic (exact) mass is 329 g/mol. The number of nitrogens with zero attached hydrogens (tertiary/aromatic N) is 2. The van der Waals surface area contributed by atoms with Crippen LogP contribution in [-0.2, 0) is 7.05 Å².